The number of nitrogens with zero attached hydrogens (tertiary/aromatic N) is 1. The molecular formula is C31H38Cl2N2O3S. The Hall–Kier alpha value is -1.86. The highest BCUT2D eigenvalue weighted by Gasteiger charge is 2.60. The lowest BCUT2D eigenvalue weighted by atomic mass is 9.64. The Labute approximate surface area is 243 Å². The number of carbonyl (C=O) groups excluding carboxylic acids is 1. The van der Waals surface area contributed by atoms with Crippen LogP contribution in [0.4, 0.5) is 0 Å². The van der Waals surface area contributed by atoms with Crippen molar-refractivity contribution < 1.29 is 13.2 Å². The van der Waals surface area contributed by atoms with Gasteiger partial charge in [0.2, 0.25) is 15.9 Å². The maximum absolute atomic E-state index is 14.8. The SMILES string of the molecule is C=CC[C@@]1(CC)C[C@H](c2cccc(Cl)c2)[C@@H](c2ccc(Cl)cc2)N([C@@H](CC2(S(=O)(=O)NC)CC2)C2CC2)C1=O. The zero-order valence-electron chi connectivity index (χ0n) is 22.7. The van der Waals surface area contributed by atoms with Crippen molar-refractivity contribution in [3.05, 3.63) is 82.4 Å². The minimum Gasteiger partial charge on any atom is -0.331 e. The second kappa shape index (κ2) is 10.8. The predicted octanol–water partition coefficient (Wildman–Crippen LogP) is 7.27. The molecule has 0 unspecified atom stereocenters. The van der Waals surface area contributed by atoms with Crippen molar-refractivity contribution in [2.75, 3.05) is 7.05 Å². The highest BCUT2D eigenvalue weighted by atomic mass is 35.5. The number of nitrogens with one attached hydrogen (secondary N) is 1. The number of sulfonamides is 1. The van der Waals surface area contributed by atoms with Gasteiger partial charge in [0.1, 0.15) is 0 Å². The van der Waals surface area contributed by atoms with Crippen LogP contribution in [0.5, 0.6) is 0 Å². The van der Waals surface area contributed by atoms with Crippen molar-refractivity contribution in [3.8, 4) is 0 Å². The van der Waals surface area contributed by atoms with Crippen molar-refractivity contribution in [2.45, 2.75) is 81.0 Å². The first-order valence-corrected chi connectivity index (χ1v) is 16.2. The highest BCUT2D eigenvalue weighted by Crippen LogP contribution is 2.58. The molecule has 0 bridgehead atoms. The summed E-state index contributed by atoms with van der Waals surface area (Å²) in [6.07, 6.45) is 7.46. The molecule has 210 valence electrons. The Bertz CT molecular complexity index is 1340. The highest BCUT2D eigenvalue weighted by molar-refractivity contribution is 7.91. The third-order valence-electron chi connectivity index (χ3n) is 9.43. The van der Waals surface area contributed by atoms with E-state index in [0.29, 0.717) is 48.6 Å². The van der Waals surface area contributed by atoms with Gasteiger partial charge in [-0.05, 0) is 99.7 Å². The van der Waals surface area contributed by atoms with E-state index in [1.54, 1.807) is 0 Å². The second-order valence-corrected chi connectivity index (χ2v) is 14.9. The number of rotatable bonds is 11. The molecule has 2 saturated carbocycles. The van der Waals surface area contributed by atoms with Gasteiger partial charge in [-0.2, -0.15) is 0 Å². The largest absolute Gasteiger partial charge is 0.331 e. The second-order valence-electron chi connectivity index (χ2n) is 11.7. The summed E-state index contributed by atoms with van der Waals surface area (Å²) >= 11 is 12.8. The fourth-order valence-corrected chi connectivity index (χ4v) is 8.63. The average molecular weight is 590 g/mol. The standard InChI is InChI=1S/C31H38Cl2N2O3S/c1-4-15-30(5-2)19-26(23-7-6-8-25(33)18-23)28(22-11-13-24(32)14-12-22)35(29(30)36)27(21-9-10-21)20-31(16-17-31)39(37,38)34-3/h4,6-8,11-14,18,21,26-28,34H,1,5,9-10,15-17,19-20H2,2-3H3/t26-,27+,28-,30+/m1/s1. The smallest absolute Gasteiger partial charge is 0.229 e. The van der Waals surface area contributed by atoms with E-state index in [0.717, 1.165) is 24.0 Å². The van der Waals surface area contributed by atoms with Crippen LogP contribution in [0.25, 0.3) is 0 Å². The first-order valence-electron chi connectivity index (χ1n) is 14.0. The number of hydrogen-bond donors (Lipinski definition) is 1. The summed E-state index contributed by atoms with van der Waals surface area (Å²) in [5.41, 5.74) is 1.47. The van der Waals surface area contributed by atoms with E-state index in [1.165, 1.54) is 7.05 Å². The summed E-state index contributed by atoms with van der Waals surface area (Å²) in [7, 11) is -1.99. The summed E-state index contributed by atoms with van der Waals surface area (Å²) in [6, 6.07) is 15.3. The van der Waals surface area contributed by atoms with Crippen LogP contribution in [0.3, 0.4) is 0 Å². The molecule has 0 spiro atoms. The number of amides is 1. The van der Waals surface area contributed by atoms with Crippen molar-refractivity contribution in [1.29, 1.82) is 0 Å². The molecule has 2 aliphatic carbocycles. The van der Waals surface area contributed by atoms with Gasteiger partial charge in [-0.3, -0.25) is 4.79 Å². The monoisotopic (exact) mass is 588 g/mol. The van der Waals surface area contributed by atoms with E-state index in [4.69, 9.17) is 23.2 Å². The van der Waals surface area contributed by atoms with E-state index in [9.17, 15) is 13.2 Å². The van der Waals surface area contributed by atoms with Gasteiger partial charge < -0.3 is 4.90 Å². The quantitative estimate of drug-likeness (QED) is 0.280. The van der Waals surface area contributed by atoms with Gasteiger partial charge in [0.05, 0.1) is 16.2 Å². The maximum atomic E-state index is 14.8. The third-order valence-corrected chi connectivity index (χ3v) is 12.2. The number of allylic oxidation sites excluding steroid dienone is 1. The minimum atomic E-state index is -3.49. The average Bonchev–Trinajstić information content (AvgIpc) is 3.84. The minimum absolute atomic E-state index is 0.0280. The molecule has 3 aliphatic rings. The molecule has 0 radical (unpaired) electrons. The van der Waals surface area contributed by atoms with Crippen LogP contribution in [0.15, 0.2) is 61.2 Å². The first kappa shape index (κ1) is 28.7. The van der Waals surface area contributed by atoms with Gasteiger partial charge in [-0.1, -0.05) is 60.5 Å². The molecule has 2 aromatic carbocycles. The number of piperidine rings is 1. The molecule has 1 N–H and O–H groups in total. The van der Waals surface area contributed by atoms with Gasteiger partial charge in [0.25, 0.3) is 0 Å². The predicted molar refractivity (Wildman–Crippen MR) is 158 cm³/mol. The fourth-order valence-electron chi connectivity index (χ4n) is 6.84. The molecular weight excluding hydrogens is 551 g/mol. The molecule has 2 aromatic rings. The van der Waals surface area contributed by atoms with Crippen LogP contribution < -0.4 is 4.72 Å². The molecule has 5 rings (SSSR count). The van der Waals surface area contributed by atoms with Crippen molar-refractivity contribution in [3.63, 3.8) is 0 Å². The maximum Gasteiger partial charge on any atom is 0.229 e. The van der Waals surface area contributed by atoms with Crippen LogP contribution in [0, 0.1) is 11.3 Å². The number of likely N-dealkylation sites (tertiary alicyclic amines) is 1. The van der Waals surface area contributed by atoms with Gasteiger partial charge >= 0.3 is 0 Å². The van der Waals surface area contributed by atoms with Crippen LogP contribution in [0.2, 0.25) is 10.0 Å². The van der Waals surface area contributed by atoms with Crippen molar-refractivity contribution >= 4 is 39.1 Å². The Morgan fingerprint density at radius 2 is 1.79 bits per heavy atom. The van der Waals surface area contributed by atoms with E-state index >= 15 is 0 Å². The molecule has 1 saturated heterocycles. The molecule has 8 heteroatoms. The normalized spacial score (nSPS) is 27.3. The number of hydrogen-bond acceptors (Lipinski definition) is 3. The number of benzene rings is 2. The molecule has 4 atom stereocenters. The van der Waals surface area contributed by atoms with Crippen LogP contribution in [-0.2, 0) is 14.8 Å². The summed E-state index contributed by atoms with van der Waals surface area (Å²) in [4.78, 5) is 16.9. The van der Waals surface area contributed by atoms with Gasteiger partial charge in [0, 0.05) is 22.0 Å². The summed E-state index contributed by atoms with van der Waals surface area (Å²) in [5.74, 6) is 0.363. The lowest BCUT2D eigenvalue weighted by Crippen LogP contribution is -2.58. The topological polar surface area (TPSA) is 66.5 Å². The fraction of sp³-hybridized carbons (Fsp3) is 0.516. The zero-order chi connectivity index (χ0) is 28.0. The first-order chi connectivity index (χ1) is 18.6. The number of carbonyl (C=O) groups is 1. The molecule has 1 amide bonds. The Morgan fingerprint density at radius 3 is 2.33 bits per heavy atom. The lowest BCUT2D eigenvalue weighted by molar-refractivity contribution is -0.157. The van der Waals surface area contributed by atoms with E-state index in [2.05, 4.69) is 29.2 Å². The van der Waals surface area contributed by atoms with Crippen LogP contribution in [-0.4, -0.2) is 37.1 Å². The Balaban J connectivity index is 1.69. The van der Waals surface area contributed by atoms with E-state index in [-0.39, 0.29) is 29.8 Å². The summed E-state index contributed by atoms with van der Waals surface area (Å²) < 4.78 is 28.1. The molecule has 3 fully saturated rings. The van der Waals surface area contributed by atoms with Crippen LogP contribution in [0.1, 0.15) is 81.4 Å². The van der Waals surface area contributed by atoms with Gasteiger partial charge in [-0.25, -0.2) is 13.1 Å². The van der Waals surface area contributed by atoms with E-state index < -0.39 is 20.2 Å². The summed E-state index contributed by atoms with van der Waals surface area (Å²) in [5, 5.41) is 1.30. The molecule has 1 aliphatic heterocycles. The van der Waals surface area contributed by atoms with Crippen molar-refractivity contribution in [2.24, 2.45) is 11.3 Å². The Morgan fingerprint density at radius 1 is 1.10 bits per heavy atom. The number of halogens is 2. The van der Waals surface area contributed by atoms with Crippen LogP contribution >= 0.6 is 23.2 Å². The van der Waals surface area contributed by atoms with Crippen molar-refractivity contribution in [1.82, 2.24) is 9.62 Å². The molecule has 0 aromatic heterocycles. The van der Waals surface area contributed by atoms with E-state index in [1.807, 2.05) is 48.5 Å². The Kier molecular flexibility index (Phi) is 7.97. The molecule has 5 nitrogen and oxygen atoms in total. The third kappa shape index (κ3) is 5.30. The molecule has 1 heterocycles. The zero-order valence-corrected chi connectivity index (χ0v) is 25.0. The van der Waals surface area contributed by atoms with Gasteiger partial charge in [0.15, 0.2) is 0 Å². The molecule has 39 heavy (non-hydrogen) atoms. The van der Waals surface area contributed by atoms with Gasteiger partial charge in [-0.15, -0.1) is 6.58 Å². The lowest BCUT2D eigenvalue weighted by Gasteiger charge is -2.53. The summed E-state index contributed by atoms with van der Waals surface area (Å²) in [6.45, 7) is 6.10.